The van der Waals surface area contributed by atoms with Crippen molar-refractivity contribution in [3.05, 3.63) is 18.2 Å². The molecule has 0 aliphatic rings. The summed E-state index contributed by atoms with van der Waals surface area (Å²) in [5, 5.41) is 2.96. The summed E-state index contributed by atoms with van der Waals surface area (Å²) in [4.78, 5) is -0.264. The van der Waals surface area contributed by atoms with E-state index in [0.717, 1.165) is 24.5 Å². The first kappa shape index (κ1) is 12.0. The highest BCUT2D eigenvalue weighted by atomic mass is 32.2. The van der Waals surface area contributed by atoms with E-state index in [1.165, 1.54) is 0 Å². The molecule has 1 aromatic rings. The first-order chi connectivity index (χ1) is 6.86. The second kappa shape index (κ2) is 4.17. The van der Waals surface area contributed by atoms with Gasteiger partial charge in [0.05, 0.1) is 9.79 Å². The molecule has 15 heavy (non-hydrogen) atoms. The van der Waals surface area contributed by atoms with Crippen LogP contribution in [-0.4, -0.2) is 23.4 Å². The smallest absolute Gasteiger partial charge is 0.175 e. The van der Waals surface area contributed by atoms with Crippen LogP contribution in [0.25, 0.3) is 0 Å². The van der Waals surface area contributed by atoms with Crippen LogP contribution in [-0.2, 0) is 20.9 Å². The van der Waals surface area contributed by atoms with Crippen LogP contribution in [0.3, 0.4) is 0 Å². The molecule has 0 aromatic heterocycles. The van der Waals surface area contributed by atoms with E-state index in [0.29, 0.717) is 0 Å². The predicted octanol–water partition coefficient (Wildman–Crippen LogP) is 0.991. The van der Waals surface area contributed by atoms with E-state index in [2.05, 4.69) is 5.11 Å². The molecule has 6 nitrogen and oxygen atoms in total. The van der Waals surface area contributed by atoms with Gasteiger partial charge in [0.25, 0.3) is 0 Å². The van der Waals surface area contributed by atoms with Crippen molar-refractivity contribution in [1.82, 2.24) is 0 Å². The third kappa shape index (κ3) is 2.67. The molecule has 0 bridgehead atoms. The third-order valence-electron chi connectivity index (χ3n) is 1.66. The number of hydrogen-bond donors (Lipinski definition) is 1. The molecule has 1 aromatic carbocycles. The van der Waals surface area contributed by atoms with Gasteiger partial charge in [0.15, 0.2) is 9.84 Å². The van der Waals surface area contributed by atoms with Crippen molar-refractivity contribution in [2.45, 2.75) is 9.79 Å². The molecule has 1 N–H and O–H groups in total. The lowest BCUT2D eigenvalue weighted by Crippen LogP contribution is -1.98. The summed E-state index contributed by atoms with van der Waals surface area (Å²) in [5.41, 5.74) is 6.55. The van der Waals surface area contributed by atoms with Gasteiger partial charge in [-0.05, 0) is 29.3 Å². The van der Waals surface area contributed by atoms with Crippen molar-refractivity contribution in [3.63, 3.8) is 0 Å². The van der Waals surface area contributed by atoms with E-state index in [4.69, 9.17) is 5.53 Å². The van der Waals surface area contributed by atoms with E-state index >= 15 is 0 Å². The van der Waals surface area contributed by atoms with E-state index in [1.54, 1.807) is 0 Å². The highest BCUT2D eigenvalue weighted by molar-refractivity contribution is 7.90. The summed E-state index contributed by atoms with van der Waals surface area (Å²) in [5.74, 6) is 0. The van der Waals surface area contributed by atoms with Crippen LogP contribution >= 0.6 is 0 Å². The van der Waals surface area contributed by atoms with Crippen LogP contribution in [0.1, 0.15) is 0 Å². The number of nitrogens with zero attached hydrogens (tertiary/aromatic N) is 1. The van der Waals surface area contributed by atoms with Gasteiger partial charge in [-0.25, -0.2) is 13.9 Å². The van der Waals surface area contributed by atoms with Crippen molar-refractivity contribution < 1.29 is 17.2 Å². The lowest BCUT2D eigenvalue weighted by Gasteiger charge is -2.08. The Morgan fingerprint density at radius 1 is 1.47 bits per heavy atom. The molecule has 8 heteroatoms. The molecule has 1 rings (SSSR count). The number of hydrogen-bond acceptors (Lipinski definition) is 6. The summed E-state index contributed by atoms with van der Waals surface area (Å²) in [7, 11) is -3.42. The highest BCUT2D eigenvalue weighted by Gasteiger charge is 2.10. The largest absolute Gasteiger partial charge is 0.768 e. The van der Waals surface area contributed by atoms with Gasteiger partial charge in [-0.3, -0.25) is 4.21 Å². The highest BCUT2D eigenvalue weighted by Crippen LogP contribution is 2.25. The first-order valence-electron chi connectivity index (χ1n) is 3.67. The Morgan fingerprint density at radius 2 is 2.07 bits per heavy atom. The van der Waals surface area contributed by atoms with Gasteiger partial charge in [-0.15, -0.1) is 0 Å². The molecule has 0 radical (unpaired) electrons. The van der Waals surface area contributed by atoms with Crippen LogP contribution in [0.4, 0.5) is 5.69 Å². The Balaban J connectivity index is 3.45. The first-order valence-corrected chi connectivity index (χ1v) is 6.63. The van der Waals surface area contributed by atoms with Gasteiger partial charge in [0.2, 0.25) is 0 Å². The molecule has 1 unspecified atom stereocenters. The van der Waals surface area contributed by atoms with Crippen molar-refractivity contribution in [2.75, 3.05) is 6.26 Å². The SMILES string of the molecule is CS(=O)(=O)c1ccc(S(=O)[O-])c(N=N)c1. The fraction of sp³-hybridized carbons (Fsp3) is 0.143. The molecule has 0 heterocycles. The average Bonchev–Trinajstić information content (AvgIpc) is 2.15. The van der Waals surface area contributed by atoms with Crippen molar-refractivity contribution >= 4 is 26.6 Å². The number of rotatable bonds is 3. The average molecular weight is 247 g/mol. The number of benzene rings is 1. The zero-order chi connectivity index (χ0) is 11.6. The molecule has 0 saturated heterocycles. The van der Waals surface area contributed by atoms with Crippen LogP contribution < -0.4 is 0 Å². The quantitative estimate of drug-likeness (QED) is 0.634. The number of nitrogens with one attached hydrogen (secondary N) is 1. The molecular formula is C7H7N2O4S2-. The van der Waals surface area contributed by atoms with E-state index in [9.17, 15) is 17.2 Å². The van der Waals surface area contributed by atoms with Crippen molar-refractivity contribution in [2.24, 2.45) is 5.11 Å². The van der Waals surface area contributed by atoms with Crippen molar-refractivity contribution in [3.8, 4) is 0 Å². The third-order valence-corrected chi connectivity index (χ3v) is 3.47. The zero-order valence-electron chi connectivity index (χ0n) is 7.63. The fourth-order valence-electron chi connectivity index (χ4n) is 0.956. The summed E-state index contributed by atoms with van der Waals surface area (Å²) in [6.07, 6.45) is 0.990. The molecule has 0 saturated carbocycles. The van der Waals surface area contributed by atoms with Crippen LogP contribution in [0.5, 0.6) is 0 Å². The number of sulfone groups is 1. The van der Waals surface area contributed by atoms with E-state index in [-0.39, 0.29) is 15.5 Å². The molecule has 0 aliphatic carbocycles. The zero-order valence-corrected chi connectivity index (χ0v) is 9.26. The molecule has 82 valence electrons. The fourth-order valence-corrected chi connectivity index (χ4v) is 2.05. The van der Waals surface area contributed by atoms with E-state index < -0.39 is 20.9 Å². The Bertz CT molecular complexity index is 524. The Labute approximate surface area is 89.0 Å². The van der Waals surface area contributed by atoms with Gasteiger partial charge in [0.1, 0.15) is 5.69 Å². The maximum absolute atomic E-state index is 11.1. The topological polar surface area (TPSA) is 110 Å². The summed E-state index contributed by atoms with van der Waals surface area (Å²) >= 11 is -2.53. The maximum Gasteiger partial charge on any atom is 0.175 e. The molecule has 0 aliphatic heterocycles. The second-order valence-corrected chi connectivity index (χ2v) is 5.67. The molecule has 0 amide bonds. The monoisotopic (exact) mass is 247 g/mol. The minimum atomic E-state index is -3.42. The van der Waals surface area contributed by atoms with Gasteiger partial charge >= 0.3 is 0 Å². The summed E-state index contributed by atoms with van der Waals surface area (Å²) in [6, 6.07) is 3.31. The van der Waals surface area contributed by atoms with Gasteiger partial charge in [-0.1, -0.05) is 0 Å². The Kier molecular flexibility index (Phi) is 3.32. The molecule has 0 spiro atoms. The Hall–Kier alpha value is -1.12. The lowest BCUT2D eigenvalue weighted by molar-refractivity contribution is 0.537. The molecular weight excluding hydrogens is 240 g/mol. The minimum Gasteiger partial charge on any atom is -0.768 e. The lowest BCUT2D eigenvalue weighted by atomic mass is 10.3. The van der Waals surface area contributed by atoms with E-state index in [1.807, 2.05) is 0 Å². The van der Waals surface area contributed by atoms with Crippen LogP contribution in [0, 0.1) is 5.53 Å². The van der Waals surface area contributed by atoms with Crippen LogP contribution in [0.2, 0.25) is 0 Å². The summed E-state index contributed by atoms with van der Waals surface area (Å²) < 4.78 is 43.5. The summed E-state index contributed by atoms with van der Waals surface area (Å²) in [6.45, 7) is 0. The van der Waals surface area contributed by atoms with Crippen LogP contribution in [0.15, 0.2) is 33.1 Å². The van der Waals surface area contributed by atoms with Gasteiger partial charge in [0, 0.05) is 6.26 Å². The second-order valence-electron chi connectivity index (χ2n) is 2.75. The van der Waals surface area contributed by atoms with Gasteiger partial charge in [-0.2, -0.15) is 5.11 Å². The molecule has 1 atom stereocenters. The Morgan fingerprint density at radius 3 is 2.47 bits per heavy atom. The standard InChI is InChI=1S/C7H8N2O4S2/c1-15(12,13)5-2-3-7(14(10)11)6(4-5)9-8/h2-4,8H,1H3,(H,10,11)/p-1. The van der Waals surface area contributed by atoms with Gasteiger partial charge < -0.3 is 4.55 Å². The predicted molar refractivity (Wildman–Crippen MR) is 51.5 cm³/mol. The maximum atomic E-state index is 11.1. The van der Waals surface area contributed by atoms with Crippen molar-refractivity contribution in [1.29, 1.82) is 5.53 Å². The normalized spacial score (nSPS) is 13.5. The molecule has 0 fully saturated rings. The minimum absolute atomic E-state index is 0.0669.